The van der Waals surface area contributed by atoms with Crippen molar-refractivity contribution >= 4 is 49.7 Å². The average Bonchev–Trinajstić information content (AvgIpc) is 3.26. The van der Waals surface area contributed by atoms with Gasteiger partial charge in [0.05, 0.1) is 11.2 Å². The molecule has 1 atom stereocenters. The summed E-state index contributed by atoms with van der Waals surface area (Å²) >= 11 is 1.35. The number of anilines is 2. The Bertz CT molecular complexity index is 1350. The Balaban J connectivity index is 1.48. The van der Waals surface area contributed by atoms with E-state index in [0.29, 0.717) is 35.3 Å². The van der Waals surface area contributed by atoms with Crippen LogP contribution >= 0.6 is 11.3 Å². The molecule has 0 saturated carbocycles. The Kier molecular flexibility index (Phi) is 3.70. The molecule has 1 amide bonds. The molecule has 4 heterocycles. The number of nitrogens with zero attached hydrogens (tertiary/aromatic N) is 2. The molecule has 30 heavy (non-hydrogen) atoms. The topological polar surface area (TPSA) is 77.7 Å². The van der Waals surface area contributed by atoms with Crippen LogP contribution in [0, 0.1) is 0 Å². The number of ether oxygens (including phenoxy) is 2. The summed E-state index contributed by atoms with van der Waals surface area (Å²) in [7, 11) is 0. The molecule has 2 aromatic heterocycles. The van der Waals surface area contributed by atoms with E-state index >= 15 is 0 Å². The molecule has 0 saturated heterocycles. The van der Waals surface area contributed by atoms with E-state index in [-0.39, 0.29) is 11.9 Å². The molecule has 2 aliphatic rings. The van der Waals surface area contributed by atoms with E-state index in [1.165, 1.54) is 16.9 Å². The summed E-state index contributed by atoms with van der Waals surface area (Å²) in [6, 6.07) is 13.9. The number of nitrogen functional groups attached to an aromatic ring is 1. The monoisotopic (exact) mass is 417 g/mol. The zero-order chi connectivity index (χ0) is 20.4. The molecule has 2 N–H and O–H groups in total. The first kappa shape index (κ1) is 17.5. The normalized spacial score (nSPS) is 17.5. The lowest BCUT2D eigenvalue weighted by molar-refractivity contribution is 0.0986. The molecular weight excluding hydrogens is 398 g/mol. The average molecular weight is 417 g/mol. The fourth-order valence-corrected chi connectivity index (χ4v) is 5.40. The fourth-order valence-electron chi connectivity index (χ4n) is 4.38. The van der Waals surface area contributed by atoms with E-state index in [0.717, 1.165) is 33.2 Å². The number of pyridine rings is 1. The van der Waals surface area contributed by atoms with Crippen molar-refractivity contribution in [3.05, 3.63) is 52.9 Å². The molecule has 7 heteroatoms. The van der Waals surface area contributed by atoms with E-state index in [9.17, 15) is 4.79 Å². The van der Waals surface area contributed by atoms with Gasteiger partial charge in [-0.05, 0) is 37.1 Å². The van der Waals surface area contributed by atoms with Crippen LogP contribution in [0.2, 0.25) is 0 Å². The molecule has 2 aromatic carbocycles. The van der Waals surface area contributed by atoms with Gasteiger partial charge in [-0.1, -0.05) is 18.2 Å². The number of aromatic nitrogens is 1. The number of benzene rings is 2. The van der Waals surface area contributed by atoms with Crippen LogP contribution in [0.1, 0.15) is 22.2 Å². The molecule has 1 unspecified atom stereocenters. The van der Waals surface area contributed by atoms with Crippen LogP contribution < -0.4 is 20.1 Å². The maximum Gasteiger partial charge on any atom is 0.270 e. The summed E-state index contributed by atoms with van der Waals surface area (Å²) in [5.74, 6) is 1.34. The Hall–Kier alpha value is -3.32. The van der Waals surface area contributed by atoms with E-state index in [2.05, 4.69) is 13.0 Å². The Morgan fingerprint density at radius 1 is 1.17 bits per heavy atom. The molecule has 6 nitrogen and oxygen atoms in total. The minimum absolute atomic E-state index is 0.0667. The van der Waals surface area contributed by atoms with Crippen molar-refractivity contribution in [1.29, 1.82) is 0 Å². The summed E-state index contributed by atoms with van der Waals surface area (Å²) in [6.45, 7) is 3.13. The first-order chi connectivity index (χ1) is 14.6. The van der Waals surface area contributed by atoms with Crippen LogP contribution in [0.25, 0.3) is 21.1 Å². The van der Waals surface area contributed by atoms with E-state index in [4.69, 9.17) is 20.2 Å². The van der Waals surface area contributed by atoms with Crippen LogP contribution in [-0.4, -0.2) is 30.1 Å². The SMILES string of the molecule is CC1Cc2ccccc2N1C(=O)c1sc2nc3cc4c(cc3cc2c1N)OCCO4. The standard InChI is InChI=1S/C23H19N3O3S/c1-12-8-13-4-2-3-5-17(13)26(12)23(27)21-20(24)15-9-14-10-18-19(29-7-6-28-18)11-16(14)25-22(15)30-21/h2-5,9-12H,6-8,24H2,1H3. The van der Waals surface area contributed by atoms with Gasteiger partial charge in [-0.25, -0.2) is 4.98 Å². The third kappa shape index (κ3) is 2.48. The molecule has 0 spiro atoms. The van der Waals surface area contributed by atoms with Crippen molar-refractivity contribution in [2.24, 2.45) is 0 Å². The van der Waals surface area contributed by atoms with Crippen LogP contribution in [0.15, 0.2) is 42.5 Å². The lowest BCUT2D eigenvalue weighted by Gasteiger charge is -2.22. The van der Waals surface area contributed by atoms with Crippen molar-refractivity contribution in [3.63, 3.8) is 0 Å². The van der Waals surface area contributed by atoms with Gasteiger partial charge < -0.3 is 20.1 Å². The Labute approximate surface area is 176 Å². The molecule has 150 valence electrons. The summed E-state index contributed by atoms with van der Waals surface area (Å²) in [4.78, 5) is 21.4. The highest BCUT2D eigenvalue weighted by molar-refractivity contribution is 7.21. The first-order valence-corrected chi connectivity index (χ1v) is 10.8. The lowest BCUT2D eigenvalue weighted by Crippen LogP contribution is -2.35. The second kappa shape index (κ2) is 6.34. The number of nitrogens with two attached hydrogens (primary N) is 1. The van der Waals surface area contributed by atoms with Crippen molar-refractivity contribution in [3.8, 4) is 11.5 Å². The smallest absolute Gasteiger partial charge is 0.270 e. The van der Waals surface area contributed by atoms with Gasteiger partial charge in [0, 0.05) is 28.6 Å². The van der Waals surface area contributed by atoms with Crippen LogP contribution in [0.5, 0.6) is 11.5 Å². The number of hydrogen-bond acceptors (Lipinski definition) is 6. The van der Waals surface area contributed by atoms with E-state index in [1.807, 2.05) is 41.3 Å². The van der Waals surface area contributed by atoms with Gasteiger partial charge in [0.15, 0.2) is 11.5 Å². The minimum Gasteiger partial charge on any atom is -0.486 e. The number of amides is 1. The van der Waals surface area contributed by atoms with Gasteiger partial charge in [-0.15, -0.1) is 11.3 Å². The summed E-state index contributed by atoms with van der Waals surface area (Å²) in [6.07, 6.45) is 0.848. The van der Waals surface area contributed by atoms with Crippen molar-refractivity contribution in [1.82, 2.24) is 4.98 Å². The molecule has 2 aliphatic heterocycles. The quantitative estimate of drug-likeness (QED) is 0.497. The van der Waals surface area contributed by atoms with Crippen molar-refractivity contribution in [2.45, 2.75) is 19.4 Å². The number of hydrogen-bond donors (Lipinski definition) is 1. The number of rotatable bonds is 1. The second-order valence-electron chi connectivity index (χ2n) is 7.73. The van der Waals surface area contributed by atoms with Crippen LogP contribution in [0.4, 0.5) is 11.4 Å². The predicted molar refractivity (Wildman–Crippen MR) is 119 cm³/mol. The highest BCUT2D eigenvalue weighted by Gasteiger charge is 2.33. The van der Waals surface area contributed by atoms with Gasteiger partial charge in [-0.2, -0.15) is 0 Å². The van der Waals surface area contributed by atoms with E-state index < -0.39 is 0 Å². The first-order valence-electron chi connectivity index (χ1n) is 9.94. The van der Waals surface area contributed by atoms with Crippen molar-refractivity contribution < 1.29 is 14.3 Å². The second-order valence-corrected chi connectivity index (χ2v) is 8.73. The summed E-state index contributed by atoms with van der Waals surface area (Å²) in [5.41, 5.74) is 9.91. The predicted octanol–water partition coefficient (Wildman–Crippen LogP) is 4.39. The largest absolute Gasteiger partial charge is 0.486 e. The van der Waals surface area contributed by atoms with Crippen LogP contribution in [-0.2, 0) is 6.42 Å². The lowest BCUT2D eigenvalue weighted by atomic mass is 10.1. The van der Waals surface area contributed by atoms with Gasteiger partial charge >= 0.3 is 0 Å². The highest BCUT2D eigenvalue weighted by atomic mass is 32.1. The maximum absolute atomic E-state index is 13.5. The number of fused-ring (bicyclic) bond motifs is 4. The van der Waals surface area contributed by atoms with Gasteiger partial charge in [0.1, 0.15) is 22.9 Å². The number of thiophene rings is 1. The van der Waals surface area contributed by atoms with Gasteiger partial charge in [0.2, 0.25) is 0 Å². The zero-order valence-electron chi connectivity index (χ0n) is 16.3. The number of para-hydroxylation sites is 1. The van der Waals surface area contributed by atoms with Gasteiger partial charge in [0.25, 0.3) is 5.91 Å². The minimum atomic E-state index is -0.0667. The Morgan fingerprint density at radius 2 is 1.93 bits per heavy atom. The third-order valence-electron chi connectivity index (χ3n) is 5.80. The molecule has 6 rings (SSSR count). The van der Waals surface area contributed by atoms with Crippen molar-refractivity contribution in [2.75, 3.05) is 23.8 Å². The maximum atomic E-state index is 13.5. The van der Waals surface area contributed by atoms with Crippen LogP contribution in [0.3, 0.4) is 0 Å². The fraction of sp³-hybridized carbons (Fsp3) is 0.217. The van der Waals surface area contributed by atoms with E-state index in [1.54, 1.807) is 0 Å². The molecule has 0 fully saturated rings. The molecule has 4 aromatic rings. The number of carbonyl (C=O) groups excluding carboxylic acids is 1. The third-order valence-corrected chi connectivity index (χ3v) is 6.90. The molecule has 0 aliphatic carbocycles. The molecule has 0 radical (unpaired) electrons. The zero-order valence-corrected chi connectivity index (χ0v) is 17.2. The number of carbonyl (C=O) groups is 1. The molecule has 0 bridgehead atoms. The van der Waals surface area contributed by atoms with Gasteiger partial charge in [-0.3, -0.25) is 4.79 Å². The summed E-state index contributed by atoms with van der Waals surface area (Å²) < 4.78 is 11.4. The molecular formula is C23H19N3O3S. The highest BCUT2D eigenvalue weighted by Crippen LogP contribution is 2.41. The summed E-state index contributed by atoms with van der Waals surface area (Å²) in [5, 5.41) is 1.71. The Morgan fingerprint density at radius 3 is 2.77 bits per heavy atom.